The van der Waals surface area contributed by atoms with Gasteiger partial charge in [-0.1, -0.05) is 40.0 Å². The van der Waals surface area contributed by atoms with Gasteiger partial charge in [0.1, 0.15) is 0 Å². The molecule has 88 valence electrons. The molecule has 2 aliphatic carbocycles. The van der Waals surface area contributed by atoms with Crippen molar-refractivity contribution >= 4 is 0 Å². The van der Waals surface area contributed by atoms with Gasteiger partial charge in [-0.2, -0.15) is 0 Å². The van der Waals surface area contributed by atoms with Gasteiger partial charge in [-0.15, -0.1) is 0 Å². The lowest BCUT2D eigenvalue weighted by molar-refractivity contribution is -0.0602. The zero-order valence-corrected chi connectivity index (χ0v) is 10.5. The average molecular weight is 210 g/mol. The van der Waals surface area contributed by atoms with Crippen LogP contribution >= 0.6 is 0 Å². The molecule has 0 saturated heterocycles. The van der Waals surface area contributed by atoms with Crippen LogP contribution in [0.4, 0.5) is 0 Å². The summed E-state index contributed by atoms with van der Waals surface area (Å²) in [4.78, 5) is 0. The topological polar surface area (TPSA) is 20.2 Å². The smallest absolute Gasteiger partial charge is 0.0616 e. The molecule has 0 aromatic heterocycles. The Labute approximate surface area is 94.3 Å². The number of aliphatic hydroxyl groups is 1. The van der Waals surface area contributed by atoms with E-state index in [2.05, 4.69) is 20.8 Å². The van der Waals surface area contributed by atoms with Gasteiger partial charge in [-0.3, -0.25) is 0 Å². The zero-order valence-electron chi connectivity index (χ0n) is 10.5. The molecule has 0 spiro atoms. The molecule has 3 atom stereocenters. The Bertz CT molecular complexity index is 209. The molecule has 0 aromatic rings. The average Bonchev–Trinajstić information content (AvgIpc) is 2.15. The highest BCUT2D eigenvalue weighted by Gasteiger charge is 2.43. The Hall–Kier alpha value is -0.0400. The Morgan fingerprint density at radius 2 is 1.67 bits per heavy atom. The van der Waals surface area contributed by atoms with Gasteiger partial charge in [0.05, 0.1) is 6.10 Å². The second-order valence-corrected chi connectivity index (χ2v) is 6.65. The van der Waals surface area contributed by atoms with Crippen LogP contribution in [0.5, 0.6) is 0 Å². The van der Waals surface area contributed by atoms with Crippen LogP contribution in [0, 0.1) is 23.2 Å². The first-order valence-corrected chi connectivity index (χ1v) is 6.69. The lowest BCUT2D eigenvalue weighted by Gasteiger charge is -2.48. The van der Waals surface area contributed by atoms with Crippen molar-refractivity contribution < 1.29 is 5.11 Å². The summed E-state index contributed by atoms with van der Waals surface area (Å²) < 4.78 is 0. The van der Waals surface area contributed by atoms with Crippen molar-refractivity contribution in [3.05, 3.63) is 0 Å². The molecule has 1 nitrogen and oxygen atoms in total. The fourth-order valence-corrected chi connectivity index (χ4v) is 4.22. The van der Waals surface area contributed by atoms with Crippen LogP contribution < -0.4 is 0 Å². The predicted octanol–water partition coefficient (Wildman–Crippen LogP) is 3.61. The normalized spacial score (nSPS) is 43.0. The minimum Gasteiger partial charge on any atom is -0.392 e. The number of fused-ring (bicyclic) bond motifs is 2. The van der Waals surface area contributed by atoms with E-state index in [1.54, 1.807) is 0 Å². The van der Waals surface area contributed by atoms with E-state index in [4.69, 9.17) is 0 Å². The van der Waals surface area contributed by atoms with E-state index in [1.165, 1.54) is 38.5 Å². The molecular formula is C14H26O. The standard InChI is InChI=1S/C14H26O/c1-10(2)13(15)14(3)8-11-5-4-6-12(7-11)9-14/h10-13,15H,4-9H2,1-3H3/t11?,12?,13-,14?/m0/s1. The summed E-state index contributed by atoms with van der Waals surface area (Å²) in [5.41, 5.74) is 0.210. The van der Waals surface area contributed by atoms with E-state index in [9.17, 15) is 5.11 Å². The summed E-state index contributed by atoms with van der Waals surface area (Å²) in [6, 6.07) is 0. The number of rotatable bonds is 2. The first kappa shape index (κ1) is 11.4. The molecule has 2 bridgehead atoms. The van der Waals surface area contributed by atoms with Gasteiger partial charge < -0.3 is 5.11 Å². The zero-order chi connectivity index (χ0) is 11.1. The van der Waals surface area contributed by atoms with Crippen LogP contribution in [0.15, 0.2) is 0 Å². The highest BCUT2D eigenvalue weighted by atomic mass is 16.3. The van der Waals surface area contributed by atoms with Gasteiger partial charge in [0, 0.05) is 0 Å². The van der Waals surface area contributed by atoms with Gasteiger partial charge in [-0.05, 0) is 42.4 Å². The largest absolute Gasteiger partial charge is 0.392 e. The van der Waals surface area contributed by atoms with E-state index < -0.39 is 0 Å². The third kappa shape index (κ3) is 2.22. The maximum Gasteiger partial charge on any atom is 0.0616 e. The van der Waals surface area contributed by atoms with Crippen molar-refractivity contribution in [3.8, 4) is 0 Å². The second kappa shape index (κ2) is 4.08. The molecule has 15 heavy (non-hydrogen) atoms. The van der Waals surface area contributed by atoms with Crippen LogP contribution in [0.1, 0.15) is 59.3 Å². The minimum atomic E-state index is -0.0964. The highest BCUT2D eigenvalue weighted by Crippen LogP contribution is 2.51. The quantitative estimate of drug-likeness (QED) is 0.738. The van der Waals surface area contributed by atoms with Crippen molar-refractivity contribution in [1.29, 1.82) is 0 Å². The monoisotopic (exact) mass is 210 g/mol. The fourth-order valence-electron chi connectivity index (χ4n) is 4.22. The maximum atomic E-state index is 10.4. The fraction of sp³-hybridized carbons (Fsp3) is 1.00. The molecule has 1 heteroatoms. The van der Waals surface area contributed by atoms with Crippen molar-refractivity contribution in [2.45, 2.75) is 65.4 Å². The number of hydrogen-bond acceptors (Lipinski definition) is 1. The Balaban J connectivity index is 2.08. The molecule has 0 amide bonds. The van der Waals surface area contributed by atoms with Gasteiger partial charge in [-0.25, -0.2) is 0 Å². The van der Waals surface area contributed by atoms with Crippen LogP contribution in [0.25, 0.3) is 0 Å². The summed E-state index contributed by atoms with van der Waals surface area (Å²) in [5.74, 6) is 2.24. The van der Waals surface area contributed by atoms with Gasteiger partial charge in [0.2, 0.25) is 0 Å². The molecule has 2 rings (SSSR count). The molecule has 0 aromatic carbocycles. The summed E-state index contributed by atoms with van der Waals surface area (Å²) in [7, 11) is 0. The van der Waals surface area contributed by atoms with Crippen LogP contribution in [-0.4, -0.2) is 11.2 Å². The lowest BCUT2D eigenvalue weighted by atomic mass is 9.58. The number of hydrogen-bond donors (Lipinski definition) is 1. The third-order valence-electron chi connectivity index (χ3n) is 4.75. The second-order valence-electron chi connectivity index (χ2n) is 6.65. The molecule has 2 saturated carbocycles. The minimum absolute atomic E-state index is 0.0964. The van der Waals surface area contributed by atoms with Gasteiger partial charge >= 0.3 is 0 Å². The summed E-state index contributed by atoms with van der Waals surface area (Å²) in [6.45, 7) is 6.63. The molecule has 1 N–H and O–H groups in total. The molecule has 2 fully saturated rings. The van der Waals surface area contributed by atoms with Gasteiger partial charge in [0.15, 0.2) is 0 Å². The highest BCUT2D eigenvalue weighted by molar-refractivity contribution is 4.94. The van der Waals surface area contributed by atoms with E-state index in [1.807, 2.05) is 0 Å². The van der Waals surface area contributed by atoms with Crippen molar-refractivity contribution in [2.75, 3.05) is 0 Å². The Morgan fingerprint density at radius 3 is 2.13 bits per heavy atom. The first-order valence-electron chi connectivity index (χ1n) is 6.69. The molecule has 2 aliphatic rings. The SMILES string of the molecule is CC(C)[C@H](O)C1(C)CC2CCCC(C2)C1. The molecular weight excluding hydrogens is 184 g/mol. The van der Waals surface area contributed by atoms with E-state index in [0.29, 0.717) is 5.92 Å². The molecule has 0 heterocycles. The molecule has 2 unspecified atom stereocenters. The van der Waals surface area contributed by atoms with Crippen molar-refractivity contribution in [3.63, 3.8) is 0 Å². The first-order chi connectivity index (χ1) is 7.01. The van der Waals surface area contributed by atoms with E-state index in [-0.39, 0.29) is 11.5 Å². The third-order valence-corrected chi connectivity index (χ3v) is 4.75. The maximum absolute atomic E-state index is 10.4. The molecule has 0 radical (unpaired) electrons. The van der Waals surface area contributed by atoms with E-state index in [0.717, 1.165) is 11.8 Å². The Kier molecular flexibility index (Phi) is 3.12. The predicted molar refractivity (Wildman–Crippen MR) is 63.6 cm³/mol. The van der Waals surface area contributed by atoms with Crippen LogP contribution in [0.3, 0.4) is 0 Å². The van der Waals surface area contributed by atoms with E-state index >= 15 is 0 Å². The van der Waals surface area contributed by atoms with Crippen LogP contribution in [0.2, 0.25) is 0 Å². The van der Waals surface area contributed by atoms with Crippen molar-refractivity contribution in [2.24, 2.45) is 23.2 Å². The number of aliphatic hydroxyl groups excluding tert-OH is 1. The Morgan fingerprint density at radius 1 is 1.13 bits per heavy atom. The van der Waals surface area contributed by atoms with Crippen LogP contribution in [-0.2, 0) is 0 Å². The molecule has 0 aliphatic heterocycles. The summed E-state index contributed by atoms with van der Waals surface area (Å²) >= 11 is 0. The lowest BCUT2D eigenvalue weighted by Crippen LogP contribution is -2.44. The van der Waals surface area contributed by atoms with Gasteiger partial charge in [0.25, 0.3) is 0 Å². The van der Waals surface area contributed by atoms with Crippen molar-refractivity contribution in [1.82, 2.24) is 0 Å². The summed E-state index contributed by atoms with van der Waals surface area (Å²) in [5, 5.41) is 10.4. The summed E-state index contributed by atoms with van der Waals surface area (Å²) in [6.07, 6.45) is 8.14.